The lowest BCUT2D eigenvalue weighted by Crippen LogP contribution is -2.30. The summed E-state index contributed by atoms with van der Waals surface area (Å²) in [6.07, 6.45) is 44.5. The van der Waals surface area contributed by atoms with Crippen LogP contribution in [-0.2, 0) is 65.4 Å². The van der Waals surface area contributed by atoms with Crippen molar-refractivity contribution < 1.29 is 80.2 Å². The lowest BCUT2D eigenvalue weighted by atomic mass is 9.99. The van der Waals surface area contributed by atoms with Gasteiger partial charge in [0.1, 0.15) is 19.3 Å². The van der Waals surface area contributed by atoms with Gasteiger partial charge in [0.25, 0.3) is 0 Å². The van der Waals surface area contributed by atoms with Crippen LogP contribution >= 0.6 is 15.6 Å². The number of rotatable bonds is 68. The molecule has 0 aliphatic carbocycles. The maximum absolute atomic E-state index is 13.0. The van der Waals surface area contributed by atoms with Crippen molar-refractivity contribution >= 4 is 39.5 Å². The summed E-state index contributed by atoms with van der Waals surface area (Å²) in [5, 5.41) is 10.6. The van der Waals surface area contributed by atoms with Gasteiger partial charge >= 0.3 is 39.5 Å². The molecule has 0 saturated carbocycles. The zero-order valence-electron chi connectivity index (χ0n) is 57.9. The molecule has 0 rings (SSSR count). The van der Waals surface area contributed by atoms with Crippen LogP contribution < -0.4 is 0 Å². The van der Waals surface area contributed by atoms with E-state index in [0.29, 0.717) is 31.6 Å². The molecule has 7 atom stereocenters. The summed E-state index contributed by atoms with van der Waals surface area (Å²) in [5.41, 5.74) is 0. The second-order valence-electron chi connectivity index (χ2n) is 26.2. The highest BCUT2D eigenvalue weighted by Gasteiger charge is 2.30. The molecule has 0 aliphatic rings. The Balaban J connectivity index is 5.20. The zero-order valence-corrected chi connectivity index (χ0v) is 59.7. The highest BCUT2D eigenvalue weighted by atomic mass is 31.2. The van der Waals surface area contributed by atoms with Gasteiger partial charge in [0.2, 0.25) is 0 Å². The van der Waals surface area contributed by atoms with E-state index in [1.54, 1.807) is 0 Å². The average Bonchev–Trinajstić information content (AvgIpc) is 3.58. The highest BCUT2D eigenvalue weighted by molar-refractivity contribution is 7.47. The van der Waals surface area contributed by atoms with E-state index in [-0.39, 0.29) is 25.7 Å². The van der Waals surface area contributed by atoms with Crippen molar-refractivity contribution in [2.45, 2.75) is 369 Å². The normalized spacial score (nSPS) is 14.8. The molecule has 4 unspecified atom stereocenters. The maximum Gasteiger partial charge on any atom is 0.472 e. The monoisotopic (exact) mass is 1310 g/mol. The van der Waals surface area contributed by atoms with Crippen molar-refractivity contribution in [1.82, 2.24) is 0 Å². The molecule has 0 spiro atoms. The van der Waals surface area contributed by atoms with Crippen molar-refractivity contribution in [3.05, 3.63) is 0 Å². The van der Waals surface area contributed by atoms with Gasteiger partial charge in [-0.25, -0.2) is 9.13 Å². The molecule has 0 aromatic carbocycles. The molecule has 89 heavy (non-hydrogen) atoms. The van der Waals surface area contributed by atoms with Gasteiger partial charge in [-0.3, -0.25) is 37.3 Å². The third kappa shape index (κ3) is 62.0. The largest absolute Gasteiger partial charge is 0.472 e. The van der Waals surface area contributed by atoms with Crippen LogP contribution in [0.5, 0.6) is 0 Å². The Morgan fingerprint density at radius 1 is 0.326 bits per heavy atom. The first-order valence-corrected chi connectivity index (χ1v) is 39.4. The van der Waals surface area contributed by atoms with E-state index in [1.807, 2.05) is 0 Å². The molecule has 0 heterocycles. The van der Waals surface area contributed by atoms with Crippen molar-refractivity contribution in [2.24, 2.45) is 17.8 Å². The first-order valence-electron chi connectivity index (χ1n) is 36.4. The van der Waals surface area contributed by atoms with Crippen LogP contribution in [-0.4, -0.2) is 96.7 Å². The lowest BCUT2D eigenvalue weighted by molar-refractivity contribution is -0.161. The first kappa shape index (κ1) is 87.1. The van der Waals surface area contributed by atoms with Gasteiger partial charge in [0, 0.05) is 25.7 Å². The minimum atomic E-state index is -4.95. The molecule has 17 nitrogen and oxygen atoms in total. The molecular formula is C70H136O17P2. The molecule has 0 radical (unpaired) electrons. The number of phosphoric ester groups is 2. The lowest BCUT2D eigenvalue weighted by Gasteiger charge is -2.21. The third-order valence-corrected chi connectivity index (χ3v) is 18.8. The second kappa shape index (κ2) is 61.0. The number of hydrogen-bond acceptors (Lipinski definition) is 15. The summed E-state index contributed by atoms with van der Waals surface area (Å²) in [5.74, 6) is 0.219. The molecule has 0 fully saturated rings. The first-order chi connectivity index (χ1) is 42.8. The van der Waals surface area contributed by atoms with Gasteiger partial charge in [-0.15, -0.1) is 0 Å². The Morgan fingerprint density at radius 2 is 0.573 bits per heavy atom. The molecule has 528 valence electrons. The fraction of sp³-hybridized carbons (Fsp3) is 0.943. The molecular weight excluding hydrogens is 1170 g/mol. The summed E-state index contributed by atoms with van der Waals surface area (Å²) in [6, 6.07) is 0. The molecule has 0 saturated heterocycles. The second-order valence-corrected chi connectivity index (χ2v) is 29.1. The topological polar surface area (TPSA) is 237 Å². The number of aliphatic hydroxyl groups is 1. The SMILES string of the molecule is CCCCCCCCCC(=O)OC[C@H](COP(=O)(O)OC[C@H](O)COP(=O)(O)OC[C@@H](COC(=O)CCCCCCCCCCCCC(C)CC)OC(=O)CCCCCCCCCCCCCCCCC(C)CC)OC(=O)CCCCCCCCCC(C)C. The van der Waals surface area contributed by atoms with Crippen molar-refractivity contribution in [2.75, 3.05) is 39.6 Å². The highest BCUT2D eigenvalue weighted by Crippen LogP contribution is 2.45. The number of unbranched alkanes of at least 4 members (excludes halogenated alkanes) is 34. The third-order valence-electron chi connectivity index (χ3n) is 16.9. The number of phosphoric acid groups is 2. The summed E-state index contributed by atoms with van der Waals surface area (Å²) in [7, 11) is -9.90. The summed E-state index contributed by atoms with van der Waals surface area (Å²) < 4.78 is 68.2. The van der Waals surface area contributed by atoms with E-state index in [4.69, 9.17) is 37.0 Å². The number of aliphatic hydroxyl groups excluding tert-OH is 1. The van der Waals surface area contributed by atoms with Crippen molar-refractivity contribution in [1.29, 1.82) is 0 Å². The number of carbonyl (C=O) groups excluding carboxylic acids is 4. The summed E-state index contributed by atoms with van der Waals surface area (Å²) >= 11 is 0. The molecule has 0 amide bonds. The number of hydrogen-bond donors (Lipinski definition) is 3. The minimum Gasteiger partial charge on any atom is -0.462 e. The standard InChI is InChI=1S/C70H136O17P2/c1-8-11-12-13-27-37-44-51-67(72)80-57-65(87-70(75)54-47-40-33-26-28-34-41-48-61(4)5)59-84-88(76,77)82-55-64(71)56-83-89(78,79)85-60-66(58-81-68(73)52-45-38-31-24-21-20-23-30-36-43-50-63(7)10-3)86-69(74)53-46-39-32-25-19-17-15-14-16-18-22-29-35-42-49-62(6)9-2/h61-66,71H,8-60H2,1-7H3,(H,76,77)(H,78,79)/t62?,63?,64-,65+,66+/m0/s1. The Labute approximate surface area is 543 Å². The fourth-order valence-electron chi connectivity index (χ4n) is 10.5. The summed E-state index contributed by atoms with van der Waals surface area (Å²) in [6.45, 7) is 11.8. The molecule has 0 bridgehead atoms. The van der Waals surface area contributed by atoms with Crippen LogP contribution in [0.4, 0.5) is 0 Å². The van der Waals surface area contributed by atoms with E-state index in [2.05, 4.69) is 48.5 Å². The Kier molecular flexibility index (Phi) is 59.6. The fourth-order valence-corrected chi connectivity index (χ4v) is 12.1. The molecule has 0 aromatic heterocycles. The van der Waals surface area contributed by atoms with E-state index in [0.717, 1.165) is 115 Å². The summed E-state index contributed by atoms with van der Waals surface area (Å²) in [4.78, 5) is 72.4. The quantitative estimate of drug-likeness (QED) is 0.0222. The van der Waals surface area contributed by atoms with Gasteiger partial charge < -0.3 is 33.8 Å². The van der Waals surface area contributed by atoms with Crippen LogP contribution in [0, 0.1) is 17.8 Å². The van der Waals surface area contributed by atoms with Crippen LogP contribution in [0.2, 0.25) is 0 Å². The van der Waals surface area contributed by atoms with E-state index in [1.165, 1.54) is 148 Å². The molecule has 0 aromatic rings. The number of esters is 4. The number of carbonyl (C=O) groups is 4. The van der Waals surface area contributed by atoms with E-state index < -0.39 is 97.5 Å². The van der Waals surface area contributed by atoms with Gasteiger partial charge in [0.15, 0.2) is 12.2 Å². The van der Waals surface area contributed by atoms with Crippen molar-refractivity contribution in [3.8, 4) is 0 Å². The smallest absolute Gasteiger partial charge is 0.462 e. The molecule has 19 heteroatoms. The predicted octanol–water partition coefficient (Wildman–Crippen LogP) is 19.8. The van der Waals surface area contributed by atoms with Crippen molar-refractivity contribution in [3.63, 3.8) is 0 Å². The average molecular weight is 1310 g/mol. The van der Waals surface area contributed by atoms with Gasteiger partial charge in [-0.05, 0) is 43.4 Å². The molecule has 3 N–H and O–H groups in total. The van der Waals surface area contributed by atoms with Gasteiger partial charge in [0.05, 0.1) is 26.4 Å². The zero-order chi connectivity index (χ0) is 65.9. The van der Waals surface area contributed by atoms with Crippen LogP contribution in [0.25, 0.3) is 0 Å². The van der Waals surface area contributed by atoms with Crippen LogP contribution in [0.1, 0.15) is 350 Å². The van der Waals surface area contributed by atoms with Gasteiger partial charge in [-0.2, -0.15) is 0 Å². The Hall–Kier alpha value is -1.94. The number of ether oxygens (including phenoxy) is 4. The van der Waals surface area contributed by atoms with E-state index in [9.17, 15) is 43.2 Å². The van der Waals surface area contributed by atoms with Crippen LogP contribution in [0.3, 0.4) is 0 Å². The minimum absolute atomic E-state index is 0.103. The molecule has 0 aliphatic heterocycles. The Morgan fingerprint density at radius 3 is 0.854 bits per heavy atom. The van der Waals surface area contributed by atoms with E-state index >= 15 is 0 Å². The van der Waals surface area contributed by atoms with Gasteiger partial charge in [-0.1, -0.05) is 299 Å². The Bertz CT molecular complexity index is 1750. The predicted molar refractivity (Wildman–Crippen MR) is 358 cm³/mol. The van der Waals surface area contributed by atoms with Crippen LogP contribution in [0.15, 0.2) is 0 Å². The maximum atomic E-state index is 13.0.